The number of nitrogens with one attached hydrogen (secondary N) is 1. The van der Waals surface area contributed by atoms with Gasteiger partial charge in [0.05, 0.1) is 24.9 Å². The Morgan fingerprint density at radius 3 is 2.47 bits per heavy atom. The van der Waals surface area contributed by atoms with E-state index >= 15 is 0 Å². The van der Waals surface area contributed by atoms with Crippen LogP contribution in [0.4, 0.5) is 4.39 Å². The number of nitrogens with zero attached hydrogens (tertiary/aromatic N) is 2. The number of benzene rings is 2. The molecule has 0 aliphatic carbocycles. The van der Waals surface area contributed by atoms with Crippen molar-refractivity contribution in [3.63, 3.8) is 0 Å². The van der Waals surface area contributed by atoms with E-state index in [1.165, 1.54) is 12.1 Å². The number of aromatic nitrogens is 2. The number of carbonyl (C=O) groups excluding carboxylic acids is 1. The summed E-state index contributed by atoms with van der Waals surface area (Å²) in [7, 11) is 1.55. The van der Waals surface area contributed by atoms with Crippen molar-refractivity contribution in [2.75, 3.05) is 7.11 Å². The predicted octanol–water partition coefficient (Wildman–Crippen LogP) is 4.31. The molecular formula is C24H26FN3O4. The minimum atomic E-state index is -0.984. The first-order valence-electron chi connectivity index (χ1n) is 10.3. The average molecular weight is 439 g/mol. The molecule has 0 fully saturated rings. The molecule has 0 aliphatic heterocycles. The van der Waals surface area contributed by atoms with Crippen molar-refractivity contribution in [1.82, 2.24) is 15.1 Å². The maximum Gasteiger partial charge on any atom is 0.305 e. The lowest BCUT2D eigenvalue weighted by Gasteiger charge is -2.18. The molecule has 7 nitrogen and oxygen atoms in total. The van der Waals surface area contributed by atoms with Crippen LogP contribution in [0.15, 0.2) is 54.6 Å². The van der Waals surface area contributed by atoms with E-state index in [0.29, 0.717) is 29.1 Å². The van der Waals surface area contributed by atoms with Crippen LogP contribution in [0.3, 0.4) is 0 Å². The van der Waals surface area contributed by atoms with E-state index in [1.54, 1.807) is 36.1 Å². The summed E-state index contributed by atoms with van der Waals surface area (Å²) in [5, 5.41) is 16.4. The molecule has 0 bridgehead atoms. The Kier molecular flexibility index (Phi) is 7.25. The number of para-hydroxylation sites is 1. The molecule has 0 spiro atoms. The van der Waals surface area contributed by atoms with Crippen molar-refractivity contribution in [3.05, 3.63) is 66.1 Å². The lowest BCUT2D eigenvalue weighted by Crippen LogP contribution is -2.37. The highest BCUT2D eigenvalue weighted by Gasteiger charge is 2.23. The van der Waals surface area contributed by atoms with Crippen molar-refractivity contribution in [2.24, 2.45) is 5.92 Å². The van der Waals surface area contributed by atoms with Crippen molar-refractivity contribution < 1.29 is 23.8 Å². The normalized spacial score (nSPS) is 11.9. The number of carboxylic acids is 1. The van der Waals surface area contributed by atoms with Gasteiger partial charge in [-0.2, -0.15) is 5.10 Å². The molecule has 0 radical (unpaired) electrons. The Hall–Kier alpha value is -3.68. The van der Waals surface area contributed by atoms with Crippen LogP contribution in [0.5, 0.6) is 5.75 Å². The zero-order valence-electron chi connectivity index (χ0n) is 18.2. The molecule has 2 N–H and O–H groups in total. The zero-order chi connectivity index (χ0) is 23.3. The molecule has 1 amide bonds. The Morgan fingerprint density at radius 2 is 1.84 bits per heavy atom. The fraction of sp³-hybridized carbons (Fsp3) is 0.292. The highest BCUT2D eigenvalue weighted by Crippen LogP contribution is 2.32. The number of rotatable bonds is 9. The lowest BCUT2D eigenvalue weighted by atomic mass is 10.0. The quantitative estimate of drug-likeness (QED) is 0.518. The van der Waals surface area contributed by atoms with Gasteiger partial charge in [-0.05, 0) is 54.8 Å². The first-order chi connectivity index (χ1) is 15.3. The van der Waals surface area contributed by atoms with E-state index in [4.69, 9.17) is 4.74 Å². The number of hydrogen-bond donors (Lipinski definition) is 2. The highest BCUT2D eigenvalue weighted by molar-refractivity contribution is 5.94. The Labute approximate surface area is 185 Å². The van der Waals surface area contributed by atoms with Gasteiger partial charge in [0.2, 0.25) is 0 Å². The first-order valence-corrected chi connectivity index (χ1v) is 10.3. The highest BCUT2D eigenvalue weighted by atomic mass is 19.1. The van der Waals surface area contributed by atoms with E-state index in [-0.39, 0.29) is 23.8 Å². The largest absolute Gasteiger partial charge is 0.496 e. The summed E-state index contributed by atoms with van der Waals surface area (Å²) < 4.78 is 20.5. The monoisotopic (exact) mass is 439 g/mol. The van der Waals surface area contributed by atoms with Gasteiger partial charge >= 0.3 is 5.97 Å². The number of carbonyl (C=O) groups is 2. The standard InChI is InChI=1S/C24H26FN3O4/c1-15(2)12-17(13-23(29)30)26-24(31)20-14-21(19-6-4-5-7-22(19)32-3)28(27-20)18-10-8-16(25)9-11-18/h4-11,14-15,17H,12-13H2,1-3H3,(H,26,31)(H,29,30). The van der Waals surface area contributed by atoms with Crippen molar-refractivity contribution >= 4 is 11.9 Å². The first kappa shape index (κ1) is 23.0. The molecule has 0 saturated heterocycles. The molecule has 1 unspecified atom stereocenters. The Balaban J connectivity index is 2.02. The van der Waals surface area contributed by atoms with Crippen LogP contribution in [0.1, 0.15) is 37.2 Å². The van der Waals surface area contributed by atoms with Gasteiger partial charge in [-0.15, -0.1) is 0 Å². The third-order valence-electron chi connectivity index (χ3n) is 4.91. The maximum atomic E-state index is 13.5. The van der Waals surface area contributed by atoms with Crippen LogP contribution in [0, 0.1) is 11.7 Å². The van der Waals surface area contributed by atoms with Gasteiger partial charge in [-0.25, -0.2) is 9.07 Å². The second-order valence-corrected chi connectivity index (χ2v) is 7.90. The minimum Gasteiger partial charge on any atom is -0.496 e. The summed E-state index contributed by atoms with van der Waals surface area (Å²) in [6, 6.07) is 14.1. The van der Waals surface area contributed by atoms with Crippen LogP contribution in [0.25, 0.3) is 16.9 Å². The molecule has 8 heteroatoms. The van der Waals surface area contributed by atoms with E-state index in [2.05, 4.69) is 10.4 Å². The van der Waals surface area contributed by atoms with Gasteiger partial charge in [0, 0.05) is 11.6 Å². The molecule has 1 heterocycles. The molecule has 3 aromatic rings. The van der Waals surface area contributed by atoms with Gasteiger partial charge in [0.25, 0.3) is 5.91 Å². The van der Waals surface area contributed by atoms with Crippen LogP contribution < -0.4 is 10.1 Å². The fourth-order valence-corrected chi connectivity index (χ4v) is 3.55. The molecular weight excluding hydrogens is 413 g/mol. The van der Waals surface area contributed by atoms with Gasteiger partial charge in [-0.3, -0.25) is 9.59 Å². The SMILES string of the molecule is COc1ccccc1-c1cc(C(=O)NC(CC(=O)O)CC(C)C)nn1-c1ccc(F)cc1. The molecule has 168 valence electrons. The second kappa shape index (κ2) is 10.1. The topological polar surface area (TPSA) is 93.4 Å². The van der Waals surface area contributed by atoms with E-state index < -0.39 is 17.9 Å². The number of halogens is 1. The Bertz CT molecular complexity index is 1090. The van der Waals surface area contributed by atoms with Gasteiger partial charge < -0.3 is 15.2 Å². The van der Waals surface area contributed by atoms with E-state index in [9.17, 15) is 19.1 Å². The summed E-state index contributed by atoms with van der Waals surface area (Å²) in [6.45, 7) is 3.92. The number of methoxy groups -OCH3 is 1. The summed E-state index contributed by atoms with van der Waals surface area (Å²) in [5.41, 5.74) is 1.97. The van der Waals surface area contributed by atoms with Crippen LogP contribution in [-0.4, -0.2) is 39.9 Å². The van der Waals surface area contributed by atoms with E-state index in [0.717, 1.165) is 0 Å². The third-order valence-corrected chi connectivity index (χ3v) is 4.91. The summed E-state index contributed by atoms with van der Waals surface area (Å²) in [5.74, 6) is -1.05. The smallest absolute Gasteiger partial charge is 0.305 e. The number of amides is 1. The molecule has 1 aromatic heterocycles. The van der Waals surface area contributed by atoms with Crippen molar-refractivity contribution in [3.8, 4) is 22.7 Å². The Morgan fingerprint density at radius 1 is 1.16 bits per heavy atom. The molecule has 1 atom stereocenters. The molecule has 32 heavy (non-hydrogen) atoms. The predicted molar refractivity (Wildman–Crippen MR) is 118 cm³/mol. The number of carboxylic acid groups (broad SMARTS) is 1. The van der Waals surface area contributed by atoms with Crippen molar-refractivity contribution in [1.29, 1.82) is 0 Å². The average Bonchev–Trinajstić information content (AvgIpc) is 3.18. The van der Waals surface area contributed by atoms with Gasteiger partial charge in [0.15, 0.2) is 5.69 Å². The van der Waals surface area contributed by atoms with Crippen LogP contribution >= 0.6 is 0 Å². The van der Waals surface area contributed by atoms with Crippen LogP contribution in [0.2, 0.25) is 0 Å². The second-order valence-electron chi connectivity index (χ2n) is 7.90. The number of aliphatic carboxylic acids is 1. The molecule has 2 aromatic carbocycles. The van der Waals surface area contributed by atoms with Crippen LogP contribution in [-0.2, 0) is 4.79 Å². The summed E-state index contributed by atoms with van der Waals surface area (Å²) in [6.07, 6.45) is 0.345. The molecule has 0 aliphatic rings. The van der Waals surface area contributed by atoms with Gasteiger partial charge in [-0.1, -0.05) is 26.0 Å². The summed E-state index contributed by atoms with van der Waals surface area (Å²) >= 11 is 0. The van der Waals surface area contributed by atoms with E-state index in [1.807, 2.05) is 32.0 Å². The number of ether oxygens (including phenoxy) is 1. The van der Waals surface area contributed by atoms with Gasteiger partial charge in [0.1, 0.15) is 11.6 Å². The summed E-state index contributed by atoms with van der Waals surface area (Å²) in [4.78, 5) is 24.2. The lowest BCUT2D eigenvalue weighted by molar-refractivity contribution is -0.137. The minimum absolute atomic E-state index is 0.120. The molecule has 3 rings (SSSR count). The van der Waals surface area contributed by atoms with Crippen molar-refractivity contribution in [2.45, 2.75) is 32.7 Å². The zero-order valence-corrected chi connectivity index (χ0v) is 18.2. The third kappa shape index (κ3) is 5.51. The molecule has 0 saturated carbocycles. The maximum absolute atomic E-state index is 13.5. The fourth-order valence-electron chi connectivity index (χ4n) is 3.55. The number of hydrogen-bond acceptors (Lipinski definition) is 4.